The number of aliphatic hydroxyl groups is 1. The number of nitrogens with zero attached hydrogens (tertiary/aromatic N) is 1. The third-order valence-electron chi connectivity index (χ3n) is 3.71. The Morgan fingerprint density at radius 2 is 1.89 bits per heavy atom. The second kappa shape index (κ2) is 6.71. The smallest absolute Gasteiger partial charge is 0.228 e. The molecule has 3 heteroatoms. The van der Waals surface area contributed by atoms with E-state index in [1.165, 1.54) is 0 Å². The summed E-state index contributed by atoms with van der Waals surface area (Å²) in [5, 5.41) is 11.1. The molecule has 0 spiro atoms. The Hall–Kier alpha value is -1.35. The van der Waals surface area contributed by atoms with Crippen molar-refractivity contribution in [1.29, 1.82) is 0 Å². The van der Waals surface area contributed by atoms with Crippen LogP contribution >= 0.6 is 0 Å². The molecule has 0 fully saturated rings. The minimum Gasteiger partial charge on any atom is -0.384 e. The summed E-state index contributed by atoms with van der Waals surface area (Å²) >= 11 is 0. The number of unbranched alkanes of at least 4 members (excludes halogenated alkanes) is 1. The van der Waals surface area contributed by atoms with Gasteiger partial charge >= 0.3 is 0 Å². The van der Waals surface area contributed by atoms with Crippen LogP contribution in [0.4, 0.5) is 0 Å². The summed E-state index contributed by atoms with van der Waals surface area (Å²) in [6, 6.07) is 9.52. The van der Waals surface area contributed by atoms with Gasteiger partial charge in [-0.15, -0.1) is 0 Å². The fourth-order valence-corrected chi connectivity index (χ4v) is 2.38. The van der Waals surface area contributed by atoms with E-state index in [1.807, 2.05) is 37.3 Å². The lowest BCUT2D eigenvalue weighted by Crippen LogP contribution is -2.43. The van der Waals surface area contributed by atoms with Crippen LogP contribution in [0, 0.1) is 5.92 Å². The number of carbonyl (C=O) groups is 1. The fraction of sp³-hybridized carbons (Fsp3) is 0.562. The molecule has 106 valence electrons. The average molecular weight is 263 g/mol. The molecule has 1 amide bonds. The first-order chi connectivity index (χ1) is 8.93. The van der Waals surface area contributed by atoms with E-state index in [4.69, 9.17) is 0 Å². The molecule has 1 aromatic rings. The number of benzene rings is 1. The molecule has 1 rings (SSSR count). The molecule has 19 heavy (non-hydrogen) atoms. The standard InChI is InChI=1S/C16H25NO2/c1-5-6-12-16(19,13(2)15(18)17(3)4)14-10-8-7-9-11-14/h7-11,13,19H,5-6,12H2,1-4H3/t13-,16+/m0/s1. The van der Waals surface area contributed by atoms with Crippen LogP contribution in [-0.4, -0.2) is 30.0 Å². The van der Waals surface area contributed by atoms with Crippen molar-refractivity contribution in [2.24, 2.45) is 5.92 Å². The van der Waals surface area contributed by atoms with Crippen LogP contribution in [0.3, 0.4) is 0 Å². The van der Waals surface area contributed by atoms with Gasteiger partial charge in [-0.05, 0) is 12.0 Å². The van der Waals surface area contributed by atoms with Crippen LogP contribution in [0.5, 0.6) is 0 Å². The van der Waals surface area contributed by atoms with Gasteiger partial charge in [-0.3, -0.25) is 4.79 Å². The van der Waals surface area contributed by atoms with Crippen LogP contribution < -0.4 is 0 Å². The van der Waals surface area contributed by atoms with E-state index >= 15 is 0 Å². The van der Waals surface area contributed by atoms with Crippen molar-refractivity contribution in [2.75, 3.05) is 14.1 Å². The first-order valence-electron chi connectivity index (χ1n) is 6.92. The highest BCUT2D eigenvalue weighted by molar-refractivity contribution is 5.79. The van der Waals surface area contributed by atoms with Crippen molar-refractivity contribution in [3.05, 3.63) is 35.9 Å². The minimum absolute atomic E-state index is 0.0394. The molecule has 1 aromatic carbocycles. The van der Waals surface area contributed by atoms with Crippen molar-refractivity contribution in [1.82, 2.24) is 4.90 Å². The second-order valence-electron chi connectivity index (χ2n) is 5.35. The van der Waals surface area contributed by atoms with Crippen molar-refractivity contribution in [2.45, 2.75) is 38.7 Å². The molecule has 0 aliphatic rings. The van der Waals surface area contributed by atoms with E-state index in [2.05, 4.69) is 6.92 Å². The van der Waals surface area contributed by atoms with Crippen molar-refractivity contribution in [3.8, 4) is 0 Å². The Bertz CT molecular complexity index is 402. The summed E-state index contributed by atoms with van der Waals surface area (Å²) in [6.07, 6.45) is 2.50. The van der Waals surface area contributed by atoms with Crippen molar-refractivity contribution in [3.63, 3.8) is 0 Å². The van der Waals surface area contributed by atoms with Gasteiger partial charge < -0.3 is 10.0 Å². The highest BCUT2D eigenvalue weighted by atomic mass is 16.3. The fourth-order valence-electron chi connectivity index (χ4n) is 2.38. The third-order valence-corrected chi connectivity index (χ3v) is 3.71. The lowest BCUT2D eigenvalue weighted by Gasteiger charge is -2.35. The molecule has 0 aromatic heterocycles. The van der Waals surface area contributed by atoms with Gasteiger partial charge in [0, 0.05) is 14.1 Å². The Balaban J connectivity index is 3.09. The molecule has 0 saturated heterocycles. The molecule has 2 atom stereocenters. The van der Waals surface area contributed by atoms with E-state index < -0.39 is 11.5 Å². The summed E-state index contributed by atoms with van der Waals surface area (Å²) in [7, 11) is 3.45. The van der Waals surface area contributed by atoms with Gasteiger partial charge in [-0.2, -0.15) is 0 Å². The van der Waals surface area contributed by atoms with Crippen LogP contribution in [0.25, 0.3) is 0 Å². The quantitative estimate of drug-likeness (QED) is 0.857. The predicted octanol–water partition coefficient (Wildman–Crippen LogP) is 2.79. The summed E-state index contributed by atoms with van der Waals surface area (Å²) in [6.45, 7) is 3.90. The Morgan fingerprint density at radius 3 is 2.37 bits per heavy atom. The zero-order valence-electron chi connectivity index (χ0n) is 12.4. The van der Waals surface area contributed by atoms with E-state index in [0.29, 0.717) is 6.42 Å². The minimum atomic E-state index is -1.08. The lowest BCUT2D eigenvalue weighted by molar-refractivity contribution is -0.143. The predicted molar refractivity (Wildman–Crippen MR) is 77.7 cm³/mol. The number of hydrogen-bond acceptors (Lipinski definition) is 2. The number of carbonyl (C=O) groups excluding carboxylic acids is 1. The molecular formula is C16H25NO2. The maximum absolute atomic E-state index is 12.2. The SMILES string of the molecule is CCCC[C@](O)(c1ccccc1)[C@@H](C)C(=O)N(C)C. The first kappa shape index (κ1) is 15.7. The molecule has 0 aliphatic heterocycles. The molecule has 1 N–H and O–H groups in total. The topological polar surface area (TPSA) is 40.5 Å². The van der Waals surface area contributed by atoms with Crippen LogP contribution in [-0.2, 0) is 10.4 Å². The molecular weight excluding hydrogens is 238 g/mol. The van der Waals surface area contributed by atoms with Gasteiger partial charge in [0.1, 0.15) is 5.60 Å². The van der Waals surface area contributed by atoms with Crippen molar-refractivity contribution >= 4 is 5.91 Å². The maximum atomic E-state index is 12.2. The summed E-state index contributed by atoms with van der Waals surface area (Å²) < 4.78 is 0. The van der Waals surface area contributed by atoms with Crippen molar-refractivity contribution < 1.29 is 9.90 Å². The third kappa shape index (κ3) is 3.57. The zero-order valence-corrected chi connectivity index (χ0v) is 12.4. The van der Waals surface area contributed by atoms with Gasteiger partial charge in [0.05, 0.1) is 5.92 Å². The Kier molecular flexibility index (Phi) is 5.55. The van der Waals surface area contributed by atoms with Crippen LogP contribution in [0.2, 0.25) is 0 Å². The van der Waals surface area contributed by atoms with E-state index in [9.17, 15) is 9.90 Å². The second-order valence-corrected chi connectivity index (χ2v) is 5.35. The maximum Gasteiger partial charge on any atom is 0.228 e. The van der Waals surface area contributed by atoms with Crippen LogP contribution in [0.1, 0.15) is 38.7 Å². The molecule has 0 aliphatic carbocycles. The van der Waals surface area contributed by atoms with Gasteiger partial charge in [0.25, 0.3) is 0 Å². The number of amides is 1. The van der Waals surface area contributed by atoms with Gasteiger partial charge in [0.15, 0.2) is 0 Å². The van der Waals surface area contributed by atoms with Crippen LogP contribution in [0.15, 0.2) is 30.3 Å². The molecule has 0 saturated carbocycles. The Morgan fingerprint density at radius 1 is 1.32 bits per heavy atom. The summed E-state index contributed by atoms with van der Waals surface area (Å²) in [4.78, 5) is 13.7. The lowest BCUT2D eigenvalue weighted by atomic mass is 9.78. The number of rotatable bonds is 6. The highest BCUT2D eigenvalue weighted by Crippen LogP contribution is 2.35. The molecule has 0 heterocycles. The molecule has 0 radical (unpaired) electrons. The summed E-state index contributed by atoms with van der Waals surface area (Å²) in [5.41, 5.74) is -0.260. The van der Waals surface area contributed by atoms with Gasteiger partial charge in [-0.25, -0.2) is 0 Å². The Labute approximate surface area is 116 Å². The van der Waals surface area contributed by atoms with Gasteiger partial charge in [-0.1, -0.05) is 57.0 Å². The number of hydrogen-bond donors (Lipinski definition) is 1. The van der Waals surface area contributed by atoms with Gasteiger partial charge in [0.2, 0.25) is 5.91 Å². The monoisotopic (exact) mass is 263 g/mol. The molecule has 3 nitrogen and oxygen atoms in total. The van der Waals surface area contributed by atoms with E-state index in [-0.39, 0.29) is 5.91 Å². The zero-order chi connectivity index (χ0) is 14.5. The summed E-state index contributed by atoms with van der Waals surface area (Å²) in [5.74, 6) is -0.487. The molecule has 0 unspecified atom stereocenters. The average Bonchev–Trinajstić information content (AvgIpc) is 2.43. The first-order valence-corrected chi connectivity index (χ1v) is 6.92. The largest absolute Gasteiger partial charge is 0.384 e. The highest BCUT2D eigenvalue weighted by Gasteiger charge is 2.39. The normalized spacial score (nSPS) is 15.6. The van der Waals surface area contributed by atoms with E-state index in [1.54, 1.807) is 19.0 Å². The van der Waals surface area contributed by atoms with E-state index in [0.717, 1.165) is 18.4 Å². The molecule has 0 bridgehead atoms.